The third kappa shape index (κ3) is 3.63. The number of aromatic nitrogens is 5. The molecule has 0 aliphatic carbocycles. The second-order valence-electron chi connectivity index (χ2n) is 7.79. The quantitative estimate of drug-likeness (QED) is 0.529. The van der Waals surface area contributed by atoms with Crippen molar-refractivity contribution in [3.8, 4) is 0 Å². The summed E-state index contributed by atoms with van der Waals surface area (Å²) in [4.78, 5) is 20.1. The molecular formula is C22H26N6O. The Morgan fingerprint density at radius 2 is 1.93 bits per heavy atom. The lowest BCUT2D eigenvalue weighted by Gasteiger charge is -2.35. The van der Waals surface area contributed by atoms with Crippen molar-refractivity contribution in [2.75, 3.05) is 13.2 Å². The summed E-state index contributed by atoms with van der Waals surface area (Å²) in [6, 6.07) is 12.5. The van der Waals surface area contributed by atoms with Crippen molar-refractivity contribution in [1.29, 1.82) is 0 Å². The fraction of sp³-hybridized carbons (Fsp3) is 0.409. The number of rotatable bonds is 6. The average Bonchev–Trinajstić information content (AvgIpc) is 3.31. The van der Waals surface area contributed by atoms with Crippen LogP contribution in [0.2, 0.25) is 0 Å². The molecule has 1 aliphatic rings. The van der Waals surface area contributed by atoms with Gasteiger partial charge in [0.15, 0.2) is 5.65 Å². The first kappa shape index (κ1) is 18.3. The van der Waals surface area contributed by atoms with Crippen LogP contribution in [-0.2, 0) is 13.1 Å². The van der Waals surface area contributed by atoms with E-state index in [9.17, 15) is 5.11 Å². The van der Waals surface area contributed by atoms with Crippen LogP contribution in [0.25, 0.3) is 22.2 Å². The number of benzene rings is 1. The number of para-hydroxylation sites is 2. The van der Waals surface area contributed by atoms with E-state index in [0.29, 0.717) is 12.6 Å². The van der Waals surface area contributed by atoms with Gasteiger partial charge in [0, 0.05) is 18.8 Å². The Morgan fingerprint density at radius 3 is 2.83 bits per heavy atom. The van der Waals surface area contributed by atoms with Crippen molar-refractivity contribution in [1.82, 2.24) is 29.4 Å². The molecule has 5 rings (SSSR count). The number of pyridine rings is 1. The van der Waals surface area contributed by atoms with Crippen molar-refractivity contribution in [2.24, 2.45) is 0 Å². The zero-order valence-corrected chi connectivity index (χ0v) is 16.5. The van der Waals surface area contributed by atoms with Gasteiger partial charge in [0.25, 0.3) is 0 Å². The summed E-state index contributed by atoms with van der Waals surface area (Å²) in [5.41, 5.74) is 3.81. The molecule has 7 nitrogen and oxygen atoms in total. The zero-order chi connectivity index (χ0) is 19.6. The minimum absolute atomic E-state index is 0.234. The number of fused-ring (bicyclic) bond motifs is 2. The topological polar surface area (TPSA) is 82.9 Å². The summed E-state index contributed by atoms with van der Waals surface area (Å²) in [7, 11) is 0. The molecule has 3 aromatic heterocycles. The third-order valence-electron chi connectivity index (χ3n) is 5.89. The van der Waals surface area contributed by atoms with E-state index >= 15 is 0 Å². The van der Waals surface area contributed by atoms with E-state index in [2.05, 4.69) is 19.4 Å². The van der Waals surface area contributed by atoms with Crippen LogP contribution in [0.3, 0.4) is 0 Å². The molecule has 7 heteroatoms. The minimum atomic E-state index is 0.234. The number of aliphatic hydroxyl groups excluding tert-OH is 1. The summed E-state index contributed by atoms with van der Waals surface area (Å²) < 4.78 is 2.18. The Hall–Kier alpha value is -2.77. The lowest BCUT2D eigenvalue weighted by molar-refractivity contribution is 0.109. The molecule has 1 saturated heterocycles. The Kier molecular flexibility index (Phi) is 4.99. The van der Waals surface area contributed by atoms with Crippen LogP contribution >= 0.6 is 0 Å². The SMILES string of the molecule is OCCC1CCCCN1Cc1nc2cccnc2n1Cc1nc2ccccc2[nH]1. The molecule has 150 valence electrons. The Labute approximate surface area is 169 Å². The van der Waals surface area contributed by atoms with Gasteiger partial charge < -0.3 is 14.7 Å². The first-order valence-electron chi connectivity index (χ1n) is 10.4. The molecule has 2 N–H and O–H groups in total. The highest BCUT2D eigenvalue weighted by Crippen LogP contribution is 2.24. The summed E-state index contributed by atoms with van der Waals surface area (Å²) >= 11 is 0. The number of piperidine rings is 1. The van der Waals surface area contributed by atoms with Crippen LogP contribution in [0, 0.1) is 0 Å². The Balaban J connectivity index is 1.50. The van der Waals surface area contributed by atoms with Gasteiger partial charge in [0.2, 0.25) is 0 Å². The fourth-order valence-corrected chi connectivity index (χ4v) is 4.45. The number of nitrogens with zero attached hydrogens (tertiary/aromatic N) is 5. The molecule has 0 radical (unpaired) electrons. The summed E-state index contributed by atoms with van der Waals surface area (Å²) in [5.74, 6) is 1.91. The van der Waals surface area contributed by atoms with Gasteiger partial charge in [-0.15, -0.1) is 0 Å². The molecule has 4 aromatic rings. The first-order chi connectivity index (χ1) is 14.3. The highest BCUT2D eigenvalue weighted by molar-refractivity contribution is 5.75. The molecule has 4 heterocycles. The number of aliphatic hydroxyl groups is 1. The second-order valence-corrected chi connectivity index (χ2v) is 7.79. The first-order valence-corrected chi connectivity index (χ1v) is 10.4. The average molecular weight is 390 g/mol. The molecule has 0 amide bonds. The van der Waals surface area contributed by atoms with Gasteiger partial charge in [0.1, 0.15) is 17.2 Å². The van der Waals surface area contributed by atoms with Gasteiger partial charge in [-0.2, -0.15) is 0 Å². The highest BCUT2D eigenvalue weighted by Gasteiger charge is 2.24. The van der Waals surface area contributed by atoms with Crippen molar-refractivity contribution in [2.45, 2.75) is 44.8 Å². The van der Waals surface area contributed by atoms with Gasteiger partial charge in [0.05, 0.1) is 24.1 Å². The summed E-state index contributed by atoms with van der Waals surface area (Å²) in [6.07, 6.45) is 6.21. The van der Waals surface area contributed by atoms with Gasteiger partial charge in [-0.3, -0.25) is 4.90 Å². The van der Waals surface area contributed by atoms with E-state index in [1.165, 1.54) is 12.8 Å². The second kappa shape index (κ2) is 7.93. The van der Waals surface area contributed by atoms with E-state index < -0.39 is 0 Å². The number of imidazole rings is 2. The molecule has 0 bridgehead atoms. The van der Waals surface area contributed by atoms with E-state index in [0.717, 1.165) is 59.8 Å². The van der Waals surface area contributed by atoms with Crippen LogP contribution in [-0.4, -0.2) is 53.7 Å². The van der Waals surface area contributed by atoms with Crippen molar-refractivity contribution < 1.29 is 5.11 Å². The maximum Gasteiger partial charge on any atom is 0.160 e. The zero-order valence-electron chi connectivity index (χ0n) is 16.5. The van der Waals surface area contributed by atoms with Gasteiger partial charge >= 0.3 is 0 Å². The van der Waals surface area contributed by atoms with Crippen LogP contribution in [0.4, 0.5) is 0 Å². The minimum Gasteiger partial charge on any atom is -0.396 e. The molecule has 1 fully saturated rings. The maximum atomic E-state index is 9.47. The Morgan fingerprint density at radius 1 is 1.03 bits per heavy atom. The highest BCUT2D eigenvalue weighted by atomic mass is 16.3. The molecule has 1 unspecified atom stereocenters. The van der Waals surface area contributed by atoms with Gasteiger partial charge in [-0.1, -0.05) is 18.6 Å². The lowest BCUT2D eigenvalue weighted by atomic mass is 10.00. The van der Waals surface area contributed by atoms with Gasteiger partial charge in [-0.05, 0) is 50.1 Å². The number of hydrogen-bond acceptors (Lipinski definition) is 5. The van der Waals surface area contributed by atoms with E-state index in [1.807, 2.05) is 42.6 Å². The largest absolute Gasteiger partial charge is 0.396 e. The smallest absolute Gasteiger partial charge is 0.160 e. The Bertz CT molecular complexity index is 1080. The van der Waals surface area contributed by atoms with Crippen LogP contribution in [0.1, 0.15) is 37.3 Å². The molecule has 1 atom stereocenters. The number of nitrogens with one attached hydrogen (secondary N) is 1. The lowest BCUT2D eigenvalue weighted by Crippen LogP contribution is -2.40. The third-order valence-corrected chi connectivity index (χ3v) is 5.89. The number of hydrogen-bond donors (Lipinski definition) is 2. The number of H-pyrrole nitrogens is 1. The molecule has 0 spiro atoms. The molecule has 1 aliphatic heterocycles. The van der Waals surface area contributed by atoms with E-state index in [-0.39, 0.29) is 6.61 Å². The van der Waals surface area contributed by atoms with Crippen LogP contribution < -0.4 is 0 Å². The predicted molar refractivity (Wildman–Crippen MR) is 112 cm³/mol. The molecule has 29 heavy (non-hydrogen) atoms. The molecule has 1 aromatic carbocycles. The van der Waals surface area contributed by atoms with E-state index in [4.69, 9.17) is 9.97 Å². The molecular weight excluding hydrogens is 364 g/mol. The van der Waals surface area contributed by atoms with E-state index in [1.54, 1.807) is 0 Å². The van der Waals surface area contributed by atoms with Crippen molar-refractivity contribution in [3.63, 3.8) is 0 Å². The summed E-state index contributed by atoms with van der Waals surface area (Å²) in [5, 5.41) is 9.47. The van der Waals surface area contributed by atoms with Gasteiger partial charge in [-0.25, -0.2) is 15.0 Å². The fourth-order valence-electron chi connectivity index (χ4n) is 4.45. The van der Waals surface area contributed by atoms with Crippen molar-refractivity contribution >= 4 is 22.2 Å². The monoisotopic (exact) mass is 390 g/mol. The standard InChI is InChI=1S/C22H26N6O/c29-13-10-16-6-3-4-12-27(16)15-21-26-19-9-5-11-23-22(19)28(21)14-20-24-17-7-1-2-8-18(17)25-20/h1-2,5,7-9,11,16,29H,3-4,6,10,12-15H2,(H,24,25). The summed E-state index contributed by atoms with van der Waals surface area (Å²) in [6.45, 7) is 2.65. The predicted octanol–water partition coefficient (Wildman–Crippen LogP) is 3.09. The number of likely N-dealkylation sites (tertiary alicyclic amines) is 1. The maximum absolute atomic E-state index is 9.47. The van der Waals surface area contributed by atoms with Crippen molar-refractivity contribution in [3.05, 3.63) is 54.2 Å². The molecule has 0 saturated carbocycles. The normalized spacial score (nSPS) is 18.0. The van der Waals surface area contributed by atoms with Crippen LogP contribution in [0.5, 0.6) is 0 Å². The number of aromatic amines is 1. The van der Waals surface area contributed by atoms with Crippen LogP contribution in [0.15, 0.2) is 42.6 Å².